The van der Waals surface area contributed by atoms with Crippen LogP contribution < -0.4 is 4.73 Å². The normalized spacial score (nSPS) is 10.8. The second-order valence-electron chi connectivity index (χ2n) is 5.85. The van der Waals surface area contributed by atoms with Gasteiger partial charge in [0.05, 0.1) is 0 Å². The van der Waals surface area contributed by atoms with Crippen molar-refractivity contribution in [3.05, 3.63) is 35.3 Å². The fourth-order valence-electron chi connectivity index (χ4n) is 2.60. The van der Waals surface area contributed by atoms with Crippen LogP contribution in [0.1, 0.15) is 83.1 Å². The van der Waals surface area contributed by atoms with E-state index in [1.54, 1.807) is 12.4 Å². The molecule has 2 nitrogen and oxygen atoms in total. The van der Waals surface area contributed by atoms with Gasteiger partial charge in [-0.15, -0.1) is 0 Å². The Morgan fingerprint density at radius 3 is 1.70 bits per heavy atom. The molecule has 1 rings (SSSR count). The first kappa shape index (κ1) is 17.0. The Morgan fingerprint density at radius 1 is 0.750 bits per heavy atom. The third kappa shape index (κ3) is 8.95. The van der Waals surface area contributed by atoms with Crippen LogP contribution in [0.25, 0.3) is 0 Å². The molecule has 0 unspecified atom stereocenters. The van der Waals surface area contributed by atoms with Crippen LogP contribution in [0.5, 0.6) is 0 Å². The molecule has 20 heavy (non-hydrogen) atoms. The van der Waals surface area contributed by atoms with E-state index in [-0.39, 0.29) is 0 Å². The van der Waals surface area contributed by atoms with Gasteiger partial charge in [-0.2, -0.15) is 4.73 Å². The van der Waals surface area contributed by atoms with Crippen molar-refractivity contribution in [3.8, 4) is 0 Å². The smallest absolute Gasteiger partial charge is 0.180 e. The van der Waals surface area contributed by atoms with E-state index in [2.05, 4.69) is 6.92 Å². The molecule has 2 heteroatoms. The summed E-state index contributed by atoms with van der Waals surface area (Å²) in [6.45, 7) is 2.27. The first-order chi connectivity index (χ1) is 9.83. The van der Waals surface area contributed by atoms with Crippen LogP contribution in [0.2, 0.25) is 0 Å². The fourth-order valence-corrected chi connectivity index (χ4v) is 2.60. The first-order valence-electron chi connectivity index (χ1n) is 8.50. The zero-order valence-corrected chi connectivity index (χ0v) is 13.2. The Kier molecular flexibility index (Phi) is 9.99. The standard InChI is InChI=1S/C18H31NO/c1-2-3-4-5-6-7-8-9-10-11-12-13-18-14-16-19(20)17-15-18/h14-17H,2-13H2,1H3. The van der Waals surface area contributed by atoms with E-state index in [1.807, 2.05) is 12.1 Å². The van der Waals surface area contributed by atoms with Crippen LogP contribution in [0.4, 0.5) is 0 Å². The highest BCUT2D eigenvalue weighted by Gasteiger charge is 1.96. The molecular weight excluding hydrogens is 246 g/mol. The minimum absolute atomic E-state index is 0.851. The van der Waals surface area contributed by atoms with Gasteiger partial charge < -0.3 is 5.21 Å². The van der Waals surface area contributed by atoms with Gasteiger partial charge in [-0.05, 0) is 18.4 Å². The quantitative estimate of drug-likeness (QED) is 0.294. The van der Waals surface area contributed by atoms with Gasteiger partial charge in [-0.25, -0.2) is 0 Å². The number of pyridine rings is 1. The summed E-state index contributed by atoms with van der Waals surface area (Å²) in [5.74, 6) is 0. The predicted molar refractivity (Wildman–Crippen MR) is 85.6 cm³/mol. The van der Waals surface area contributed by atoms with Crippen LogP contribution in [0.3, 0.4) is 0 Å². The molecule has 1 aromatic rings. The lowest BCUT2D eigenvalue weighted by Crippen LogP contribution is -2.23. The summed E-state index contributed by atoms with van der Waals surface area (Å²) >= 11 is 0. The highest BCUT2D eigenvalue weighted by Crippen LogP contribution is 2.12. The van der Waals surface area contributed by atoms with Gasteiger partial charge in [0.1, 0.15) is 0 Å². The third-order valence-electron chi connectivity index (χ3n) is 3.94. The molecule has 0 saturated heterocycles. The second kappa shape index (κ2) is 11.7. The van der Waals surface area contributed by atoms with Crippen molar-refractivity contribution >= 4 is 0 Å². The zero-order valence-electron chi connectivity index (χ0n) is 13.2. The number of nitrogens with zero attached hydrogens (tertiary/aromatic N) is 1. The molecule has 0 N–H and O–H groups in total. The van der Waals surface area contributed by atoms with Gasteiger partial charge in [0, 0.05) is 12.1 Å². The molecule has 0 aliphatic heterocycles. The van der Waals surface area contributed by atoms with Crippen LogP contribution in [0, 0.1) is 5.21 Å². The van der Waals surface area contributed by atoms with Crippen molar-refractivity contribution in [1.82, 2.24) is 0 Å². The molecule has 0 amide bonds. The van der Waals surface area contributed by atoms with Gasteiger partial charge in [-0.3, -0.25) is 0 Å². The Labute approximate surface area is 124 Å². The summed E-state index contributed by atoms with van der Waals surface area (Å²) in [5.41, 5.74) is 1.29. The highest BCUT2D eigenvalue weighted by atomic mass is 16.5. The molecule has 0 spiro atoms. The molecule has 0 radical (unpaired) electrons. The van der Waals surface area contributed by atoms with Crippen LogP contribution in [-0.2, 0) is 6.42 Å². The van der Waals surface area contributed by atoms with E-state index in [0.717, 1.165) is 11.2 Å². The van der Waals surface area contributed by atoms with Gasteiger partial charge in [0.2, 0.25) is 0 Å². The zero-order chi connectivity index (χ0) is 14.5. The molecule has 0 saturated carbocycles. The van der Waals surface area contributed by atoms with E-state index < -0.39 is 0 Å². The maximum atomic E-state index is 10.9. The monoisotopic (exact) mass is 277 g/mol. The largest absolute Gasteiger partial charge is 0.619 e. The molecule has 0 aliphatic rings. The second-order valence-corrected chi connectivity index (χ2v) is 5.85. The SMILES string of the molecule is CCCCCCCCCCCCCc1cc[n+]([O-])cc1. The summed E-state index contributed by atoms with van der Waals surface area (Å²) < 4.78 is 0.851. The maximum Gasteiger partial charge on any atom is 0.180 e. The van der Waals surface area contributed by atoms with Gasteiger partial charge in [0.25, 0.3) is 0 Å². The van der Waals surface area contributed by atoms with Crippen LogP contribution in [-0.4, -0.2) is 0 Å². The average Bonchev–Trinajstić information content (AvgIpc) is 2.47. The fraction of sp³-hybridized carbons (Fsp3) is 0.722. The van der Waals surface area contributed by atoms with Crippen molar-refractivity contribution in [2.24, 2.45) is 0 Å². The number of aromatic nitrogens is 1. The van der Waals surface area contributed by atoms with Gasteiger partial charge in [-0.1, -0.05) is 71.1 Å². The molecule has 0 aromatic carbocycles. The Bertz CT molecular complexity index is 321. The average molecular weight is 277 g/mol. The van der Waals surface area contributed by atoms with E-state index in [9.17, 15) is 5.21 Å². The summed E-state index contributed by atoms with van der Waals surface area (Å²) in [6.07, 6.45) is 19.5. The lowest BCUT2D eigenvalue weighted by molar-refractivity contribution is -0.605. The lowest BCUT2D eigenvalue weighted by atomic mass is 10.0. The van der Waals surface area contributed by atoms with Gasteiger partial charge >= 0.3 is 0 Å². The highest BCUT2D eigenvalue weighted by molar-refractivity contribution is 5.07. The maximum absolute atomic E-state index is 10.9. The van der Waals surface area contributed by atoms with E-state index in [0.29, 0.717) is 0 Å². The number of unbranched alkanes of at least 4 members (excludes halogenated alkanes) is 10. The molecule has 0 aliphatic carbocycles. The Hall–Kier alpha value is -1.05. The molecular formula is C18H31NO. The lowest BCUT2D eigenvalue weighted by Gasteiger charge is -2.03. The van der Waals surface area contributed by atoms with Crippen molar-refractivity contribution in [2.75, 3.05) is 0 Å². The topological polar surface area (TPSA) is 26.9 Å². The molecule has 1 aromatic heterocycles. The minimum Gasteiger partial charge on any atom is -0.619 e. The summed E-state index contributed by atoms with van der Waals surface area (Å²) in [4.78, 5) is 0. The molecule has 114 valence electrons. The Balaban J connectivity index is 1.84. The van der Waals surface area contributed by atoms with E-state index in [1.165, 1.54) is 76.2 Å². The molecule has 1 heterocycles. The molecule has 0 fully saturated rings. The van der Waals surface area contributed by atoms with Crippen molar-refractivity contribution < 1.29 is 4.73 Å². The van der Waals surface area contributed by atoms with E-state index >= 15 is 0 Å². The molecule has 0 atom stereocenters. The third-order valence-corrected chi connectivity index (χ3v) is 3.94. The summed E-state index contributed by atoms with van der Waals surface area (Å²) in [5, 5.41) is 10.9. The van der Waals surface area contributed by atoms with Crippen molar-refractivity contribution in [2.45, 2.75) is 84.0 Å². The van der Waals surface area contributed by atoms with E-state index in [4.69, 9.17) is 0 Å². The van der Waals surface area contributed by atoms with Crippen molar-refractivity contribution in [1.29, 1.82) is 0 Å². The molecule has 0 bridgehead atoms. The summed E-state index contributed by atoms with van der Waals surface area (Å²) in [6, 6.07) is 3.87. The minimum atomic E-state index is 0.851. The number of hydrogen-bond acceptors (Lipinski definition) is 1. The van der Waals surface area contributed by atoms with Crippen LogP contribution >= 0.6 is 0 Å². The first-order valence-corrected chi connectivity index (χ1v) is 8.50. The predicted octanol–water partition coefficient (Wildman–Crippen LogP) is 5.17. The number of hydrogen-bond donors (Lipinski definition) is 0. The number of rotatable bonds is 12. The van der Waals surface area contributed by atoms with Crippen LogP contribution in [0.15, 0.2) is 24.5 Å². The summed E-state index contributed by atoms with van der Waals surface area (Å²) in [7, 11) is 0. The number of aryl methyl sites for hydroxylation is 1. The van der Waals surface area contributed by atoms with Gasteiger partial charge in [0.15, 0.2) is 12.4 Å². The van der Waals surface area contributed by atoms with Crippen molar-refractivity contribution in [3.63, 3.8) is 0 Å². The Morgan fingerprint density at radius 2 is 1.20 bits per heavy atom.